The first kappa shape index (κ1) is 18.9. The number of carbonyl (C=O) groups is 1. The minimum absolute atomic E-state index is 0.0653. The molecular formula is C16H19ClF3N5O. The van der Waals surface area contributed by atoms with Crippen LogP contribution in [0.15, 0.2) is 12.3 Å². The maximum atomic E-state index is 13.0. The van der Waals surface area contributed by atoms with E-state index in [0.717, 1.165) is 35.9 Å². The predicted octanol–water partition coefficient (Wildman–Crippen LogP) is 2.93. The van der Waals surface area contributed by atoms with Crippen LogP contribution in [0.3, 0.4) is 0 Å². The molecule has 1 aliphatic carbocycles. The van der Waals surface area contributed by atoms with Crippen LogP contribution in [0.25, 0.3) is 5.65 Å². The maximum Gasteiger partial charge on any atom is 0.417 e. The van der Waals surface area contributed by atoms with E-state index in [1.54, 1.807) is 0 Å². The van der Waals surface area contributed by atoms with Crippen LogP contribution in [0.1, 0.15) is 44.0 Å². The van der Waals surface area contributed by atoms with E-state index in [0.29, 0.717) is 6.42 Å². The Morgan fingerprint density at radius 2 is 2.19 bits per heavy atom. The number of nitrogens with two attached hydrogens (primary N) is 1. The third-order valence-corrected chi connectivity index (χ3v) is 5.13. The van der Waals surface area contributed by atoms with Crippen molar-refractivity contribution in [2.75, 3.05) is 0 Å². The number of halogens is 4. The third-order valence-electron chi connectivity index (χ3n) is 4.85. The largest absolute Gasteiger partial charge is 0.417 e. The summed E-state index contributed by atoms with van der Waals surface area (Å²) in [7, 11) is 0. The smallest absolute Gasteiger partial charge is 0.348 e. The standard InChI is InChI=1S/C16H19ClF3N5O/c1-15(21)5-3-2-4-10(15)14(26)22-7-12-23-24-13-11(17)6-9(8-25(12)13)16(18,19)20/h6,8,10H,2-5,7,21H2,1H3,(H,22,26). The van der Waals surface area contributed by atoms with Gasteiger partial charge in [0.1, 0.15) is 0 Å². The van der Waals surface area contributed by atoms with Gasteiger partial charge in [-0.1, -0.05) is 24.4 Å². The molecule has 1 aliphatic rings. The maximum absolute atomic E-state index is 13.0. The van der Waals surface area contributed by atoms with Gasteiger partial charge in [0.15, 0.2) is 11.5 Å². The minimum atomic E-state index is -4.55. The molecule has 142 valence electrons. The van der Waals surface area contributed by atoms with Crippen molar-refractivity contribution in [3.63, 3.8) is 0 Å². The molecule has 0 bridgehead atoms. The zero-order valence-corrected chi connectivity index (χ0v) is 14.9. The summed E-state index contributed by atoms with van der Waals surface area (Å²) < 4.78 is 40.1. The van der Waals surface area contributed by atoms with Crippen molar-refractivity contribution in [2.45, 2.75) is 50.9 Å². The summed E-state index contributed by atoms with van der Waals surface area (Å²) in [6.07, 6.45) is -0.344. The fourth-order valence-corrected chi connectivity index (χ4v) is 3.60. The van der Waals surface area contributed by atoms with Gasteiger partial charge in [0.05, 0.1) is 23.0 Å². The van der Waals surface area contributed by atoms with Gasteiger partial charge in [0, 0.05) is 11.7 Å². The zero-order valence-electron chi connectivity index (χ0n) is 14.1. The van der Waals surface area contributed by atoms with E-state index >= 15 is 0 Å². The van der Waals surface area contributed by atoms with Gasteiger partial charge in [-0.15, -0.1) is 10.2 Å². The molecule has 0 aliphatic heterocycles. The number of carbonyl (C=O) groups excluding carboxylic acids is 1. The second-order valence-corrected chi connectivity index (χ2v) is 7.31. The highest BCUT2D eigenvalue weighted by molar-refractivity contribution is 6.33. The summed E-state index contributed by atoms with van der Waals surface area (Å²) >= 11 is 5.88. The van der Waals surface area contributed by atoms with Gasteiger partial charge >= 0.3 is 6.18 Å². The summed E-state index contributed by atoms with van der Waals surface area (Å²) in [5.41, 5.74) is 4.81. The van der Waals surface area contributed by atoms with Gasteiger partial charge in [-0.25, -0.2) is 0 Å². The van der Waals surface area contributed by atoms with E-state index in [2.05, 4.69) is 15.5 Å². The Hall–Kier alpha value is -1.87. The van der Waals surface area contributed by atoms with Crippen LogP contribution in [-0.4, -0.2) is 26.0 Å². The van der Waals surface area contributed by atoms with Crippen LogP contribution in [0.5, 0.6) is 0 Å². The zero-order chi connectivity index (χ0) is 19.1. The second-order valence-electron chi connectivity index (χ2n) is 6.91. The fourth-order valence-electron chi connectivity index (χ4n) is 3.35. The van der Waals surface area contributed by atoms with Crippen LogP contribution in [0.4, 0.5) is 13.2 Å². The van der Waals surface area contributed by atoms with Crippen molar-refractivity contribution in [3.05, 3.63) is 28.7 Å². The Bertz CT molecular complexity index is 833. The second kappa shape index (κ2) is 6.70. The number of fused-ring (bicyclic) bond motifs is 1. The number of alkyl halides is 3. The van der Waals surface area contributed by atoms with Gasteiger partial charge in [-0.2, -0.15) is 13.2 Å². The Morgan fingerprint density at radius 3 is 2.85 bits per heavy atom. The summed E-state index contributed by atoms with van der Waals surface area (Å²) in [5, 5.41) is 10.2. The van der Waals surface area contributed by atoms with Gasteiger partial charge in [0.25, 0.3) is 0 Å². The number of nitrogens with zero attached hydrogens (tertiary/aromatic N) is 3. The van der Waals surface area contributed by atoms with E-state index in [1.165, 1.54) is 0 Å². The van der Waals surface area contributed by atoms with E-state index in [9.17, 15) is 18.0 Å². The van der Waals surface area contributed by atoms with Crippen molar-refractivity contribution in [3.8, 4) is 0 Å². The molecule has 10 heteroatoms. The van der Waals surface area contributed by atoms with Crippen molar-refractivity contribution in [1.82, 2.24) is 19.9 Å². The molecule has 2 heterocycles. The SMILES string of the molecule is CC1(N)CCCCC1C(=O)NCc1nnc2c(Cl)cc(C(F)(F)F)cn12. The van der Waals surface area contributed by atoms with Crippen molar-refractivity contribution < 1.29 is 18.0 Å². The average molecular weight is 390 g/mol. The van der Waals surface area contributed by atoms with Crippen LogP contribution in [0.2, 0.25) is 5.02 Å². The quantitative estimate of drug-likeness (QED) is 0.845. The van der Waals surface area contributed by atoms with Crippen molar-refractivity contribution in [2.24, 2.45) is 11.7 Å². The average Bonchev–Trinajstić information content (AvgIpc) is 2.95. The first-order valence-corrected chi connectivity index (χ1v) is 8.64. The lowest BCUT2D eigenvalue weighted by molar-refractivity contribution is -0.138. The molecule has 1 saturated carbocycles. The van der Waals surface area contributed by atoms with E-state index in [4.69, 9.17) is 17.3 Å². The number of rotatable bonds is 3. The summed E-state index contributed by atoms with van der Waals surface area (Å²) in [6.45, 7) is 1.78. The summed E-state index contributed by atoms with van der Waals surface area (Å²) in [5.74, 6) is -0.412. The van der Waals surface area contributed by atoms with Gasteiger partial charge in [0.2, 0.25) is 5.91 Å². The van der Waals surface area contributed by atoms with Gasteiger partial charge in [-0.05, 0) is 25.8 Å². The van der Waals surface area contributed by atoms with E-state index in [-0.39, 0.29) is 34.9 Å². The monoisotopic (exact) mass is 389 g/mol. The number of hydrogen-bond donors (Lipinski definition) is 2. The first-order valence-electron chi connectivity index (χ1n) is 8.26. The molecule has 2 atom stereocenters. The number of pyridine rings is 1. The number of amides is 1. The molecule has 0 spiro atoms. The fraction of sp³-hybridized carbons (Fsp3) is 0.562. The highest BCUT2D eigenvalue weighted by atomic mass is 35.5. The molecule has 1 fully saturated rings. The third kappa shape index (κ3) is 3.64. The number of aromatic nitrogens is 3. The molecule has 0 aromatic carbocycles. The molecule has 0 saturated heterocycles. The Kier molecular flexibility index (Phi) is 4.87. The molecule has 6 nitrogen and oxygen atoms in total. The number of nitrogens with one attached hydrogen (secondary N) is 1. The molecule has 3 rings (SSSR count). The lowest BCUT2D eigenvalue weighted by Gasteiger charge is -2.37. The van der Waals surface area contributed by atoms with Gasteiger partial charge in [-0.3, -0.25) is 9.20 Å². The lowest BCUT2D eigenvalue weighted by atomic mass is 9.74. The molecule has 26 heavy (non-hydrogen) atoms. The summed E-state index contributed by atoms with van der Waals surface area (Å²) in [4.78, 5) is 12.5. The van der Waals surface area contributed by atoms with Crippen molar-refractivity contribution >= 4 is 23.2 Å². The highest BCUT2D eigenvalue weighted by Crippen LogP contribution is 2.33. The molecule has 1 amide bonds. The molecule has 2 unspecified atom stereocenters. The predicted molar refractivity (Wildman–Crippen MR) is 89.4 cm³/mol. The molecule has 3 N–H and O–H groups in total. The van der Waals surface area contributed by atoms with Crippen molar-refractivity contribution in [1.29, 1.82) is 0 Å². The van der Waals surface area contributed by atoms with Gasteiger partial charge < -0.3 is 11.1 Å². The molecule has 2 aromatic rings. The lowest BCUT2D eigenvalue weighted by Crippen LogP contribution is -2.52. The normalized spacial score (nSPS) is 24.0. The Morgan fingerprint density at radius 1 is 1.46 bits per heavy atom. The minimum Gasteiger partial charge on any atom is -0.348 e. The highest BCUT2D eigenvalue weighted by Gasteiger charge is 2.38. The first-order chi connectivity index (χ1) is 12.1. The molecular weight excluding hydrogens is 371 g/mol. The van der Waals surface area contributed by atoms with Crippen LogP contribution in [0, 0.1) is 5.92 Å². The Balaban J connectivity index is 1.81. The molecule has 2 aromatic heterocycles. The Labute approximate surface area is 152 Å². The number of hydrogen-bond acceptors (Lipinski definition) is 4. The molecule has 0 radical (unpaired) electrons. The van der Waals surface area contributed by atoms with Crippen LogP contribution in [-0.2, 0) is 17.5 Å². The van der Waals surface area contributed by atoms with Crippen LogP contribution >= 0.6 is 11.6 Å². The van der Waals surface area contributed by atoms with Crippen LogP contribution < -0.4 is 11.1 Å². The topological polar surface area (TPSA) is 85.3 Å². The van der Waals surface area contributed by atoms with E-state index < -0.39 is 17.3 Å². The van der Waals surface area contributed by atoms with E-state index in [1.807, 2.05) is 6.92 Å². The summed E-state index contributed by atoms with van der Waals surface area (Å²) in [6, 6.07) is 0.801.